The van der Waals surface area contributed by atoms with E-state index in [0.717, 1.165) is 32.4 Å². The zero-order valence-corrected chi connectivity index (χ0v) is 20.9. The molecule has 2 aliphatic rings. The second-order valence-corrected chi connectivity index (χ2v) is 9.90. The molecule has 1 fully saturated rings. The molecule has 1 amide bonds. The first kappa shape index (κ1) is 25.3. The average Bonchev–Trinajstić information content (AvgIpc) is 3.32. The van der Waals surface area contributed by atoms with Crippen molar-refractivity contribution in [1.82, 2.24) is 25.0 Å². The smallest absolute Gasteiger partial charge is 0.266 e. The first-order chi connectivity index (χ1) is 17.9. The number of β-amino-alcohol motifs (C(OH)–C–C–N with tert-alkyl or cyclic N) is 1. The zero-order valence-electron chi connectivity index (χ0n) is 20.9. The van der Waals surface area contributed by atoms with Crippen LogP contribution in [0.4, 0.5) is 20.4 Å². The molecule has 11 heteroatoms. The number of benzene rings is 1. The van der Waals surface area contributed by atoms with Gasteiger partial charge < -0.3 is 20.6 Å². The molecular formula is C26H33F2N7O2. The van der Waals surface area contributed by atoms with Crippen LogP contribution >= 0.6 is 0 Å². The first-order valence-electron chi connectivity index (χ1n) is 12.8. The lowest BCUT2D eigenvalue weighted by atomic mass is 10.00. The van der Waals surface area contributed by atoms with Crippen molar-refractivity contribution >= 4 is 28.4 Å². The number of halogens is 2. The summed E-state index contributed by atoms with van der Waals surface area (Å²) in [6.07, 6.45) is 0.186. The molecule has 0 bridgehead atoms. The zero-order chi connectivity index (χ0) is 25.9. The third-order valence-electron chi connectivity index (χ3n) is 7.32. The quantitative estimate of drug-likeness (QED) is 0.366. The van der Waals surface area contributed by atoms with E-state index in [9.17, 15) is 18.7 Å². The van der Waals surface area contributed by atoms with E-state index in [2.05, 4.69) is 42.8 Å². The highest BCUT2D eigenvalue weighted by Crippen LogP contribution is 2.35. The van der Waals surface area contributed by atoms with Crippen LogP contribution in [-0.4, -0.2) is 80.9 Å². The van der Waals surface area contributed by atoms with E-state index in [4.69, 9.17) is 0 Å². The molecule has 3 aromatic rings. The third-order valence-corrected chi connectivity index (χ3v) is 7.32. The van der Waals surface area contributed by atoms with Crippen molar-refractivity contribution < 1.29 is 18.7 Å². The van der Waals surface area contributed by atoms with Crippen LogP contribution in [0.5, 0.6) is 0 Å². The number of H-pyrrole nitrogens is 1. The number of pyridine rings is 1. The third kappa shape index (κ3) is 5.67. The number of likely N-dealkylation sites (tertiary alicyclic amines) is 1. The number of carbonyl (C=O) groups excluding carboxylic acids is 1. The van der Waals surface area contributed by atoms with E-state index in [1.165, 1.54) is 17.3 Å². The number of aromatic amines is 1. The number of fused-ring (bicyclic) bond motifs is 2. The molecule has 0 spiro atoms. The molecule has 5 rings (SSSR count). The molecule has 1 aromatic carbocycles. The number of alkyl halides is 2. The summed E-state index contributed by atoms with van der Waals surface area (Å²) in [6, 6.07) is 8.39. The number of carbonyl (C=O) groups is 1. The van der Waals surface area contributed by atoms with Gasteiger partial charge in [-0.05, 0) is 30.4 Å². The fourth-order valence-corrected chi connectivity index (χ4v) is 5.28. The first-order valence-corrected chi connectivity index (χ1v) is 12.8. The van der Waals surface area contributed by atoms with E-state index in [0.29, 0.717) is 31.0 Å². The van der Waals surface area contributed by atoms with Crippen molar-refractivity contribution in [2.45, 2.75) is 51.3 Å². The van der Waals surface area contributed by atoms with Crippen molar-refractivity contribution in [3.63, 3.8) is 0 Å². The Hall–Kier alpha value is -3.31. The summed E-state index contributed by atoms with van der Waals surface area (Å²) in [5.41, 5.74) is 2.80. The standard InChI is InChI=1S/C26H33F2N7O2/c1-16(36)35-10-7-19(8-11-35)31-26-23-22(21(13-30-26)24(27)28)25(33-32-23)29-12-20(37)15-34-9-6-17-4-2-3-5-18(17)14-34/h2-5,13,19-20,24,37H,6-12,14-15H2,1H3,(H,30,31)(H2,29,32,33)/t20-/m0/s1. The highest BCUT2D eigenvalue weighted by atomic mass is 19.3. The van der Waals surface area contributed by atoms with Crippen molar-refractivity contribution in [2.75, 3.05) is 43.4 Å². The molecule has 1 atom stereocenters. The number of aliphatic hydroxyl groups excluding tert-OH is 1. The summed E-state index contributed by atoms with van der Waals surface area (Å²) in [6.45, 7) is 5.13. The minimum Gasteiger partial charge on any atom is -0.390 e. The molecular weight excluding hydrogens is 480 g/mol. The number of nitrogens with one attached hydrogen (secondary N) is 3. The summed E-state index contributed by atoms with van der Waals surface area (Å²) in [5.74, 6) is 0.774. The number of anilines is 2. The van der Waals surface area contributed by atoms with E-state index < -0.39 is 12.5 Å². The van der Waals surface area contributed by atoms with Crippen LogP contribution in [0.1, 0.15) is 42.9 Å². The van der Waals surface area contributed by atoms with Gasteiger partial charge in [0.15, 0.2) is 11.6 Å². The number of aliphatic hydroxyl groups is 1. The predicted molar refractivity (Wildman–Crippen MR) is 138 cm³/mol. The van der Waals surface area contributed by atoms with E-state index >= 15 is 0 Å². The Morgan fingerprint density at radius 2 is 1.95 bits per heavy atom. The van der Waals surface area contributed by atoms with Gasteiger partial charge in [0.2, 0.25) is 5.91 Å². The van der Waals surface area contributed by atoms with Crippen LogP contribution in [0.2, 0.25) is 0 Å². The summed E-state index contributed by atoms with van der Waals surface area (Å²) < 4.78 is 27.7. The van der Waals surface area contributed by atoms with Gasteiger partial charge in [-0.25, -0.2) is 13.8 Å². The van der Waals surface area contributed by atoms with Crippen molar-refractivity contribution in [1.29, 1.82) is 0 Å². The minimum atomic E-state index is -2.72. The Kier molecular flexibility index (Phi) is 7.52. The lowest BCUT2D eigenvalue weighted by molar-refractivity contribution is -0.129. The highest BCUT2D eigenvalue weighted by molar-refractivity contribution is 5.98. The van der Waals surface area contributed by atoms with Crippen LogP contribution in [0.3, 0.4) is 0 Å². The van der Waals surface area contributed by atoms with Crippen molar-refractivity contribution in [2.24, 2.45) is 0 Å². The topological polar surface area (TPSA) is 109 Å². The van der Waals surface area contributed by atoms with E-state index in [1.54, 1.807) is 11.8 Å². The van der Waals surface area contributed by atoms with Crippen LogP contribution < -0.4 is 10.6 Å². The van der Waals surface area contributed by atoms with Gasteiger partial charge in [0.25, 0.3) is 6.43 Å². The predicted octanol–water partition coefficient (Wildman–Crippen LogP) is 3.15. The van der Waals surface area contributed by atoms with Gasteiger partial charge in [-0.1, -0.05) is 24.3 Å². The molecule has 4 N–H and O–H groups in total. The summed E-state index contributed by atoms with van der Waals surface area (Å²) in [7, 11) is 0. The number of aromatic nitrogens is 3. The van der Waals surface area contributed by atoms with Gasteiger partial charge in [0.05, 0.1) is 11.5 Å². The molecule has 37 heavy (non-hydrogen) atoms. The second kappa shape index (κ2) is 11.0. The number of piperidine rings is 1. The highest BCUT2D eigenvalue weighted by Gasteiger charge is 2.25. The van der Waals surface area contributed by atoms with E-state index in [1.807, 2.05) is 12.1 Å². The fourth-order valence-electron chi connectivity index (χ4n) is 5.28. The second-order valence-electron chi connectivity index (χ2n) is 9.90. The molecule has 2 aliphatic heterocycles. The van der Waals surface area contributed by atoms with Gasteiger partial charge in [-0.15, -0.1) is 0 Å². The normalized spacial score (nSPS) is 17.7. The number of hydrogen-bond donors (Lipinski definition) is 4. The van der Waals surface area contributed by atoms with E-state index in [-0.39, 0.29) is 35.3 Å². The fraction of sp³-hybridized carbons (Fsp3) is 0.500. The Morgan fingerprint density at radius 1 is 1.19 bits per heavy atom. The maximum atomic E-state index is 13.9. The van der Waals surface area contributed by atoms with Crippen LogP contribution in [0, 0.1) is 0 Å². The Labute approximate surface area is 214 Å². The van der Waals surface area contributed by atoms with Crippen molar-refractivity contribution in [3.8, 4) is 0 Å². The Bertz CT molecular complexity index is 1240. The number of amides is 1. The van der Waals surface area contributed by atoms with Gasteiger partial charge in [-0.3, -0.25) is 14.8 Å². The molecule has 2 aromatic heterocycles. The number of hydrogen-bond acceptors (Lipinski definition) is 7. The summed E-state index contributed by atoms with van der Waals surface area (Å²) in [5, 5.41) is 24.5. The maximum Gasteiger partial charge on any atom is 0.266 e. The monoisotopic (exact) mass is 513 g/mol. The lowest BCUT2D eigenvalue weighted by Crippen LogP contribution is -2.41. The Morgan fingerprint density at radius 3 is 2.68 bits per heavy atom. The number of rotatable bonds is 8. The molecule has 1 saturated heterocycles. The SMILES string of the molecule is CC(=O)N1CCC(Nc2ncc(C(F)F)c3c(NC[C@H](O)CN4CCc5ccccc5C4)n[nH]c23)CC1. The lowest BCUT2D eigenvalue weighted by Gasteiger charge is -2.32. The number of nitrogens with zero attached hydrogens (tertiary/aromatic N) is 4. The molecule has 9 nitrogen and oxygen atoms in total. The van der Waals surface area contributed by atoms with Crippen LogP contribution in [-0.2, 0) is 17.8 Å². The molecule has 0 aliphatic carbocycles. The van der Waals surface area contributed by atoms with Crippen LogP contribution in [0.15, 0.2) is 30.5 Å². The van der Waals surface area contributed by atoms with Gasteiger partial charge in [0, 0.05) is 64.0 Å². The maximum absolute atomic E-state index is 13.9. The Balaban J connectivity index is 1.25. The van der Waals surface area contributed by atoms with Gasteiger partial charge >= 0.3 is 0 Å². The minimum absolute atomic E-state index is 0.0526. The molecule has 0 unspecified atom stereocenters. The van der Waals surface area contributed by atoms with Crippen molar-refractivity contribution in [3.05, 3.63) is 47.2 Å². The average molecular weight is 514 g/mol. The largest absolute Gasteiger partial charge is 0.390 e. The van der Waals surface area contributed by atoms with Gasteiger partial charge in [-0.2, -0.15) is 5.10 Å². The van der Waals surface area contributed by atoms with Gasteiger partial charge in [0.1, 0.15) is 5.52 Å². The molecule has 198 valence electrons. The molecule has 0 saturated carbocycles. The summed E-state index contributed by atoms with van der Waals surface area (Å²) in [4.78, 5) is 19.8. The van der Waals surface area contributed by atoms with Crippen LogP contribution in [0.25, 0.3) is 10.9 Å². The molecule has 4 heterocycles. The summed E-state index contributed by atoms with van der Waals surface area (Å²) >= 11 is 0. The molecule has 0 radical (unpaired) electrons.